The van der Waals surface area contributed by atoms with Crippen molar-refractivity contribution < 1.29 is 4.42 Å². The molecule has 0 amide bonds. The maximum absolute atomic E-state index is 6.03. The van der Waals surface area contributed by atoms with Crippen LogP contribution in [0.2, 0.25) is 5.02 Å². The molecule has 0 spiro atoms. The van der Waals surface area contributed by atoms with E-state index in [4.69, 9.17) is 21.8 Å². The van der Waals surface area contributed by atoms with Crippen LogP contribution in [-0.4, -0.2) is 4.98 Å². The van der Waals surface area contributed by atoms with Gasteiger partial charge in [0.05, 0.1) is 28.6 Å². The summed E-state index contributed by atoms with van der Waals surface area (Å²) in [5, 5.41) is 3.72. The van der Waals surface area contributed by atoms with Crippen molar-refractivity contribution in [2.24, 2.45) is 0 Å². The number of hydrogen-bond acceptors (Lipinski definition) is 4. The van der Waals surface area contributed by atoms with Crippen molar-refractivity contribution in [3.63, 3.8) is 0 Å². The maximum atomic E-state index is 6.03. The zero-order chi connectivity index (χ0) is 12.4. The number of halogens is 1. The summed E-state index contributed by atoms with van der Waals surface area (Å²) in [6.07, 6.45) is 3.12. The van der Waals surface area contributed by atoms with E-state index in [1.807, 2.05) is 26.0 Å². The minimum absolute atomic E-state index is 0.00843. The highest BCUT2D eigenvalue weighted by molar-refractivity contribution is 6.33. The lowest BCUT2D eigenvalue weighted by molar-refractivity contribution is 0.467. The summed E-state index contributed by atoms with van der Waals surface area (Å²) in [5.41, 5.74) is 7.02. The quantitative estimate of drug-likeness (QED) is 0.878. The van der Waals surface area contributed by atoms with E-state index < -0.39 is 0 Å². The molecule has 17 heavy (non-hydrogen) atoms. The molecule has 1 atom stereocenters. The molecule has 0 bridgehead atoms. The second-order valence-electron chi connectivity index (χ2n) is 3.90. The van der Waals surface area contributed by atoms with Gasteiger partial charge in [-0.15, -0.1) is 0 Å². The van der Waals surface area contributed by atoms with E-state index in [-0.39, 0.29) is 6.04 Å². The fraction of sp³-hybridized carbons (Fsp3) is 0.250. The smallest absolute Gasteiger partial charge is 0.126 e. The van der Waals surface area contributed by atoms with Gasteiger partial charge in [-0.05, 0) is 26.0 Å². The third-order valence-corrected chi connectivity index (χ3v) is 2.76. The molecule has 0 aliphatic rings. The number of hydrogen-bond donors (Lipinski definition) is 2. The van der Waals surface area contributed by atoms with E-state index >= 15 is 0 Å². The first-order chi connectivity index (χ1) is 8.08. The largest absolute Gasteiger partial charge is 0.464 e. The zero-order valence-electron chi connectivity index (χ0n) is 9.70. The van der Waals surface area contributed by atoms with Gasteiger partial charge in [0.15, 0.2) is 0 Å². The maximum Gasteiger partial charge on any atom is 0.126 e. The molecule has 0 aliphatic carbocycles. The van der Waals surface area contributed by atoms with Crippen LogP contribution in [0.5, 0.6) is 0 Å². The van der Waals surface area contributed by atoms with Gasteiger partial charge in [-0.2, -0.15) is 0 Å². The predicted molar refractivity (Wildman–Crippen MR) is 69.1 cm³/mol. The fourth-order valence-corrected chi connectivity index (χ4v) is 1.80. The third-order valence-electron chi connectivity index (χ3n) is 2.48. The Labute approximate surface area is 105 Å². The Morgan fingerprint density at radius 2 is 2.18 bits per heavy atom. The Morgan fingerprint density at radius 1 is 1.41 bits per heavy atom. The van der Waals surface area contributed by atoms with Crippen LogP contribution in [0.3, 0.4) is 0 Å². The number of aryl methyl sites for hydroxylation is 1. The highest BCUT2D eigenvalue weighted by atomic mass is 35.5. The van der Waals surface area contributed by atoms with Crippen LogP contribution in [-0.2, 0) is 0 Å². The van der Waals surface area contributed by atoms with Crippen LogP contribution in [0.25, 0.3) is 0 Å². The summed E-state index contributed by atoms with van der Waals surface area (Å²) in [5.74, 6) is 1.72. The lowest BCUT2D eigenvalue weighted by Gasteiger charge is -2.15. The van der Waals surface area contributed by atoms with Crippen molar-refractivity contribution in [3.05, 3.63) is 41.1 Å². The van der Waals surface area contributed by atoms with Crippen LogP contribution < -0.4 is 11.1 Å². The molecule has 0 aromatic carbocycles. The first-order valence-corrected chi connectivity index (χ1v) is 5.67. The monoisotopic (exact) mass is 251 g/mol. The first-order valence-electron chi connectivity index (χ1n) is 5.30. The van der Waals surface area contributed by atoms with Gasteiger partial charge in [0.25, 0.3) is 0 Å². The number of nitrogens with two attached hydrogens (primary N) is 1. The molecule has 0 saturated carbocycles. The van der Waals surface area contributed by atoms with E-state index in [9.17, 15) is 0 Å². The molecule has 0 aliphatic heterocycles. The van der Waals surface area contributed by atoms with Crippen LogP contribution >= 0.6 is 11.6 Å². The van der Waals surface area contributed by atoms with Gasteiger partial charge in [-0.25, -0.2) is 0 Å². The minimum atomic E-state index is -0.00843. The second kappa shape index (κ2) is 4.67. The number of anilines is 2. The summed E-state index contributed by atoms with van der Waals surface area (Å²) in [6.45, 7) is 3.89. The van der Waals surface area contributed by atoms with E-state index in [1.54, 1.807) is 12.4 Å². The molecule has 2 rings (SSSR count). The summed E-state index contributed by atoms with van der Waals surface area (Å²) >= 11 is 6.03. The summed E-state index contributed by atoms with van der Waals surface area (Å²) in [4.78, 5) is 3.91. The molecule has 4 nitrogen and oxygen atoms in total. The Hall–Kier alpha value is -1.68. The van der Waals surface area contributed by atoms with Crippen LogP contribution in [0.1, 0.15) is 24.5 Å². The van der Waals surface area contributed by atoms with Gasteiger partial charge in [0, 0.05) is 6.20 Å². The topological polar surface area (TPSA) is 64.1 Å². The molecule has 90 valence electrons. The number of pyridine rings is 1. The number of aromatic nitrogens is 1. The SMILES string of the molecule is Cc1ccc(C(C)Nc2c(N)cncc2Cl)o1. The number of rotatable bonds is 3. The van der Waals surface area contributed by atoms with Gasteiger partial charge < -0.3 is 15.5 Å². The molecule has 0 saturated heterocycles. The predicted octanol–water partition coefficient (Wildman–Crippen LogP) is 3.39. The molecule has 1 unspecified atom stereocenters. The third kappa shape index (κ3) is 2.53. The van der Waals surface area contributed by atoms with Crippen molar-refractivity contribution in [2.75, 3.05) is 11.1 Å². The lowest BCUT2D eigenvalue weighted by atomic mass is 10.2. The molecular weight excluding hydrogens is 238 g/mol. The van der Waals surface area contributed by atoms with Gasteiger partial charge in [0.2, 0.25) is 0 Å². The lowest BCUT2D eigenvalue weighted by Crippen LogP contribution is -2.08. The van der Waals surface area contributed by atoms with Crippen molar-refractivity contribution in [2.45, 2.75) is 19.9 Å². The first kappa shape index (κ1) is 11.8. The van der Waals surface area contributed by atoms with Gasteiger partial charge in [-0.1, -0.05) is 11.6 Å². The Balaban J connectivity index is 2.21. The van der Waals surface area contributed by atoms with Crippen LogP contribution in [0.15, 0.2) is 28.9 Å². The van der Waals surface area contributed by atoms with Crippen LogP contribution in [0, 0.1) is 6.92 Å². The van der Waals surface area contributed by atoms with Gasteiger partial charge in [-0.3, -0.25) is 4.98 Å². The number of nitrogens with one attached hydrogen (secondary N) is 1. The molecule has 3 N–H and O–H groups in total. The molecular formula is C12H14ClN3O. The van der Waals surface area contributed by atoms with Crippen molar-refractivity contribution in [3.8, 4) is 0 Å². The molecule has 2 aromatic heterocycles. The molecule has 5 heteroatoms. The minimum Gasteiger partial charge on any atom is -0.464 e. The fourth-order valence-electron chi connectivity index (χ4n) is 1.58. The zero-order valence-corrected chi connectivity index (χ0v) is 10.5. The highest BCUT2D eigenvalue weighted by Gasteiger charge is 2.13. The highest BCUT2D eigenvalue weighted by Crippen LogP contribution is 2.30. The Bertz CT molecular complexity index is 504. The number of furan rings is 1. The van der Waals surface area contributed by atoms with Crippen molar-refractivity contribution in [1.29, 1.82) is 0 Å². The Kier molecular flexibility index (Phi) is 3.24. The van der Waals surface area contributed by atoms with Gasteiger partial charge >= 0.3 is 0 Å². The standard InChI is InChI=1S/C12H14ClN3O/c1-7-3-4-11(17-7)8(2)16-12-9(13)5-15-6-10(12)14/h3-6,8H,14H2,1-2H3,(H,15,16). The molecule has 0 fully saturated rings. The van der Waals surface area contributed by atoms with E-state index in [0.717, 1.165) is 11.5 Å². The summed E-state index contributed by atoms with van der Waals surface area (Å²) < 4.78 is 5.54. The van der Waals surface area contributed by atoms with Gasteiger partial charge in [0.1, 0.15) is 11.5 Å². The van der Waals surface area contributed by atoms with E-state index in [0.29, 0.717) is 16.4 Å². The van der Waals surface area contributed by atoms with Crippen LogP contribution in [0.4, 0.5) is 11.4 Å². The van der Waals surface area contributed by atoms with Crippen molar-refractivity contribution in [1.82, 2.24) is 4.98 Å². The van der Waals surface area contributed by atoms with E-state index in [1.165, 1.54) is 0 Å². The molecule has 2 aromatic rings. The second-order valence-corrected chi connectivity index (χ2v) is 4.31. The normalized spacial score (nSPS) is 12.4. The summed E-state index contributed by atoms with van der Waals surface area (Å²) in [7, 11) is 0. The Morgan fingerprint density at radius 3 is 2.76 bits per heavy atom. The molecule has 0 radical (unpaired) electrons. The number of nitrogens with zero attached hydrogens (tertiary/aromatic N) is 1. The van der Waals surface area contributed by atoms with Crippen molar-refractivity contribution >= 4 is 23.0 Å². The number of nitrogen functional groups attached to an aromatic ring is 1. The molecule has 2 heterocycles. The summed E-state index contributed by atoms with van der Waals surface area (Å²) in [6, 6.07) is 3.84. The van der Waals surface area contributed by atoms with E-state index in [2.05, 4.69) is 10.3 Å². The average Bonchev–Trinajstić information content (AvgIpc) is 2.70. The average molecular weight is 252 g/mol.